The summed E-state index contributed by atoms with van der Waals surface area (Å²) < 4.78 is 27.7. The van der Waals surface area contributed by atoms with Crippen LogP contribution in [-0.2, 0) is 5.75 Å². The zero-order valence-corrected chi connectivity index (χ0v) is 15.4. The normalized spacial score (nSPS) is 15.7. The largest absolute Gasteiger partial charge is 0.361 e. The maximum Gasteiger partial charge on any atom is 0.124 e. The Morgan fingerprint density at radius 3 is 2.64 bits per heavy atom. The van der Waals surface area contributed by atoms with E-state index in [0.717, 1.165) is 46.2 Å². The second-order valence-corrected chi connectivity index (χ2v) is 7.92. The molecular formula is C20H18ClF2NS. The molecule has 1 atom stereocenters. The van der Waals surface area contributed by atoms with Crippen molar-refractivity contribution in [3.8, 4) is 0 Å². The fourth-order valence-corrected chi connectivity index (χ4v) is 4.50. The van der Waals surface area contributed by atoms with Gasteiger partial charge in [0.15, 0.2) is 0 Å². The van der Waals surface area contributed by atoms with Crippen molar-refractivity contribution in [2.24, 2.45) is 5.92 Å². The van der Waals surface area contributed by atoms with Gasteiger partial charge in [-0.1, -0.05) is 17.7 Å². The number of aromatic nitrogens is 1. The van der Waals surface area contributed by atoms with Crippen LogP contribution in [0.4, 0.5) is 8.78 Å². The molecule has 1 heterocycles. The van der Waals surface area contributed by atoms with Gasteiger partial charge in [-0.2, -0.15) is 11.8 Å². The number of rotatable bonds is 5. The highest BCUT2D eigenvalue weighted by Gasteiger charge is 2.36. The van der Waals surface area contributed by atoms with E-state index < -0.39 is 0 Å². The molecule has 1 nitrogen and oxygen atoms in total. The molecule has 2 aromatic carbocycles. The zero-order chi connectivity index (χ0) is 17.6. The third-order valence-corrected chi connectivity index (χ3v) is 5.82. The number of hydrogen-bond acceptors (Lipinski definition) is 1. The lowest BCUT2D eigenvalue weighted by Crippen LogP contribution is -2.04. The van der Waals surface area contributed by atoms with Gasteiger partial charge in [-0.15, -0.1) is 0 Å². The number of hydrogen-bond donors (Lipinski definition) is 1. The van der Waals surface area contributed by atoms with Gasteiger partial charge in [-0.05, 0) is 66.0 Å². The van der Waals surface area contributed by atoms with E-state index in [4.69, 9.17) is 11.6 Å². The minimum atomic E-state index is -0.337. The molecule has 5 heteroatoms. The highest BCUT2D eigenvalue weighted by atomic mass is 35.5. The Morgan fingerprint density at radius 2 is 1.96 bits per heavy atom. The van der Waals surface area contributed by atoms with Crippen LogP contribution in [0.3, 0.4) is 0 Å². The van der Waals surface area contributed by atoms with Crippen LogP contribution >= 0.6 is 23.4 Å². The summed E-state index contributed by atoms with van der Waals surface area (Å²) in [6.45, 7) is 0. The molecule has 0 radical (unpaired) electrons. The number of thioether (sulfide) groups is 1. The average Bonchev–Trinajstić information content (AvgIpc) is 3.31. The zero-order valence-electron chi connectivity index (χ0n) is 13.8. The van der Waals surface area contributed by atoms with Gasteiger partial charge < -0.3 is 4.98 Å². The maximum absolute atomic E-state index is 14.2. The van der Waals surface area contributed by atoms with E-state index in [0.29, 0.717) is 10.9 Å². The number of benzene rings is 2. The second-order valence-electron chi connectivity index (χ2n) is 6.65. The summed E-state index contributed by atoms with van der Waals surface area (Å²) in [7, 11) is 0. The predicted molar refractivity (Wildman–Crippen MR) is 101 cm³/mol. The molecule has 1 aliphatic rings. The fourth-order valence-electron chi connectivity index (χ4n) is 3.67. The van der Waals surface area contributed by atoms with Crippen LogP contribution in [0.5, 0.6) is 0 Å². The summed E-state index contributed by atoms with van der Waals surface area (Å²) in [5.41, 5.74) is 3.91. The van der Waals surface area contributed by atoms with Crippen molar-refractivity contribution < 1.29 is 8.78 Å². The van der Waals surface area contributed by atoms with Crippen molar-refractivity contribution in [1.29, 1.82) is 0 Å². The molecule has 0 spiro atoms. The quantitative estimate of drug-likeness (QED) is 0.536. The molecule has 1 unspecified atom stereocenters. The monoisotopic (exact) mass is 377 g/mol. The molecule has 0 aliphatic heterocycles. The van der Waals surface area contributed by atoms with Gasteiger partial charge in [0.1, 0.15) is 11.6 Å². The molecule has 1 aliphatic carbocycles. The second kappa shape index (κ2) is 6.65. The standard InChI is InChI=1S/C20H18ClF2NS/c1-25-10-12-6-14(23)7-16-17(9-24-20(12)16)19(11-2-3-11)15-5-4-13(22)8-18(15)21/h4-9,11,19,24H,2-3,10H2,1H3. The molecule has 1 aromatic heterocycles. The molecule has 4 rings (SSSR count). The highest BCUT2D eigenvalue weighted by Crippen LogP contribution is 2.50. The van der Waals surface area contributed by atoms with E-state index in [2.05, 4.69) is 4.98 Å². The summed E-state index contributed by atoms with van der Waals surface area (Å²) in [6.07, 6.45) is 6.19. The van der Waals surface area contributed by atoms with Crippen LogP contribution in [0.2, 0.25) is 5.02 Å². The molecule has 130 valence electrons. The molecule has 25 heavy (non-hydrogen) atoms. The number of nitrogens with one attached hydrogen (secondary N) is 1. The van der Waals surface area contributed by atoms with Crippen LogP contribution in [0.1, 0.15) is 35.4 Å². The van der Waals surface area contributed by atoms with Crippen molar-refractivity contribution in [3.05, 3.63) is 69.9 Å². The SMILES string of the molecule is CSCc1cc(F)cc2c(C(c3ccc(F)cc3Cl)C3CC3)c[nH]c12. The summed E-state index contributed by atoms with van der Waals surface area (Å²) in [4.78, 5) is 3.34. The Balaban J connectivity index is 1.88. The van der Waals surface area contributed by atoms with Crippen LogP contribution < -0.4 is 0 Å². The lowest BCUT2D eigenvalue weighted by molar-refractivity contribution is 0.624. The van der Waals surface area contributed by atoms with Gasteiger partial charge in [-0.3, -0.25) is 0 Å². The van der Waals surface area contributed by atoms with Gasteiger partial charge in [0.2, 0.25) is 0 Å². The molecular weight excluding hydrogens is 360 g/mol. The lowest BCUT2D eigenvalue weighted by Gasteiger charge is -2.18. The minimum absolute atomic E-state index is 0.0609. The first-order chi connectivity index (χ1) is 12.1. The van der Waals surface area contributed by atoms with E-state index in [9.17, 15) is 8.78 Å². The van der Waals surface area contributed by atoms with Crippen molar-refractivity contribution in [2.45, 2.75) is 24.5 Å². The summed E-state index contributed by atoms with van der Waals surface area (Å²) in [6, 6.07) is 7.77. The van der Waals surface area contributed by atoms with E-state index in [1.165, 1.54) is 12.1 Å². The van der Waals surface area contributed by atoms with Crippen molar-refractivity contribution in [2.75, 3.05) is 6.26 Å². The first kappa shape index (κ1) is 16.9. The van der Waals surface area contributed by atoms with Gasteiger partial charge >= 0.3 is 0 Å². The number of aromatic amines is 1. The highest BCUT2D eigenvalue weighted by molar-refractivity contribution is 7.97. The molecule has 1 saturated carbocycles. The smallest absolute Gasteiger partial charge is 0.124 e. The third-order valence-electron chi connectivity index (χ3n) is 4.89. The maximum atomic E-state index is 14.2. The van der Waals surface area contributed by atoms with Crippen LogP contribution in [0, 0.1) is 17.6 Å². The average molecular weight is 378 g/mol. The summed E-state index contributed by atoms with van der Waals surface area (Å²) >= 11 is 8.01. The van der Waals surface area contributed by atoms with Crippen LogP contribution in [0.15, 0.2) is 36.5 Å². The Kier molecular flexibility index (Phi) is 4.50. The number of halogens is 3. The Bertz CT molecular complexity index is 933. The molecule has 0 saturated heterocycles. The van der Waals surface area contributed by atoms with Gasteiger partial charge in [0, 0.05) is 33.8 Å². The van der Waals surface area contributed by atoms with Crippen molar-refractivity contribution in [3.63, 3.8) is 0 Å². The van der Waals surface area contributed by atoms with Crippen molar-refractivity contribution >= 4 is 34.3 Å². The van der Waals surface area contributed by atoms with Gasteiger partial charge in [0.05, 0.1) is 0 Å². The molecule has 3 aromatic rings. The number of H-pyrrole nitrogens is 1. The topological polar surface area (TPSA) is 15.8 Å². The molecule has 1 fully saturated rings. The first-order valence-electron chi connectivity index (χ1n) is 8.31. The van der Waals surface area contributed by atoms with E-state index >= 15 is 0 Å². The predicted octanol–water partition coefficient (Wildman–Crippen LogP) is 6.50. The molecule has 0 amide bonds. The third kappa shape index (κ3) is 3.18. The van der Waals surface area contributed by atoms with E-state index in [1.54, 1.807) is 30.0 Å². The van der Waals surface area contributed by atoms with Gasteiger partial charge in [0.25, 0.3) is 0 Å². The first-order valence-corrected chi connectivity index (χ1v) is 10.1. The van der Waals surface area contributed by atoms with Crippen LogP contribution in [-0.4, -0.2) is 11.2 Å². The summed E-state index contributed by atoms with van der Waals surface area (Å²) in [5, 5.41) is 1.34. The fraction of sp³-hybridized carbons (Fsp3) is 0.300. The molecule has 0 bridgehead atoms. The Morgan fingerprint density at radius 1 is 1.16 bits per heavy atom. The minimum Gasteiger partial charge on any atom is -0.361 e. The van der Waals surface area contributed by atoms with Gasteiger partial charge in [-0.25, -0.2) is 8.78 Å². The Hall–Kier alpha value is -1.52. The van der Waals surface area contributed by atoms with Crippen molar-refractivity contribution in [1.82, 2.24) is 4.98 Å². The molecule has 1 N–H and O–H groups in total. The summed E-state index contributed by atoms with van der Waals surface area (Å²) in [5.74, 6) is 0.715. The lowest BCUT2D eigenvalue weighted by atomic mass is 9.86. The van der Waals surface area contributed by atoms with Crippen LogP contribution in [0.25, 0.3) is 10.9 Å². The van der Waals surface area contributed by atoms with E-state index in [-0.39, 0.29) is 17.6 Å². The Labute approximate surface area is 154 Å². The van der Waals surface area contributed by atoms with E-state index in [1.807, 2.05) is 12.5 Å². The number of fused-ring (bicyclic) bond motifs is 1.